The molecule has 2 rings (SSSR count). The quantitative estimate of drug-likeness (QED) is 0.861. The Balaban J connectivity index is 2.27. The molecule has 0 amide bonds. The Bertz CT molecular complexity index is 519. The van der Waals surface area contributed by atoms with Gasteiger partial charge in [0.15, 0.2) is 0 Å². The fourth-order valence-electron chi connectivity index (χ4n) is 1.13. The zero-order valence-electron chi connectivity index (χ0n) is 7.92. The van der Waals surface area contributed by atoms with Gasteiger partial charge >= 0.3 is 0 Å². The Morgan fingerprint density at radius 2 is 1.94 bits per heavy atom. The minimum Gasteiger partial charge on any atom is -0.338 e. The van der Waals surface area contributed by atoms with Crippen LogP contribution in [0.1, 0.15) is 0 Å². The van der Waals surface area contributed by atoms with E-state index in [4.69, 9.17) is 0 Å². The third-order valence-corrected chi connectivity index (χ3v) is 2.26. The maximum Gasteiger partial charge on any atom is 0.149 e. The van der Waals surface area contributed by atoms with Crippen LogP contribution >= 0.6 is 15.9 Å². The summed E-state index contributed by atoms with van der Waals surface area (Å²) in [6.07, 6.45) is 1.33. The summed E-state index contributed by atoms with van der Waals surface area (Å²) in [4.78, 5) is 7.72. The van der Waals surface area contributed by atoms with Crippen molar-refractivity contribution in [3.05, 3.63) is 46.8 Å². The summed E-state index contributed by atoms with van der Waals surface area (Å²) < 4.78 is 26.5. The monoisotopic (exact) mass is 285 g/mol. The molecule has 1 heterocycles. The molecule has 0 bridgehead atoms. The highest BCUT2D eigenvalue weighted by Crippen LogP contribution is 2.20. The molecule has 0 fully saturated rings. The fraction of sp³-hybridized carbons (Fsp3) is 0. The summed E-state index contributed by atoms with van der Waals surface area (Å²) >= 11 is 3.16. The van der Waals surface area contributed by atoms with E-state index in [9.17, 15) is 8.78 Å². The predicted octanol–water partition coefficient (Wildman–Crippen LogP) is 3.26. The van der Waals surface area contributed by atoms with E-state index in [0.717, 1.165) is 6.07 Å². The van der Waals surface area contributed by atoms with Crippen LogP contribution in [0.25, 0.3) is 0 Å². The molecular formula is C10H6BrF2N3. The lowest BCUT2D eigenvalue weighted by molar-refractivity contribution is 0.586. The van der Waals surface area contributed by atoms with Gasteiger partial charge in [0.05, 0.1) is 5.69 Å². The summed E-state index contributed by atoms with van der Waals surface area (Å²) in [5, 5.41) is 2.72. The summed E-state index contributed by atoms with van der Waals surface area (Å²) in [5.74, 6) is -0.867. The van der Waals surface area contributed by atoms with Gasteiger partial charge in [0.1, 0.15) is 28.4 Å². The number of halogens is 3. The lowest BCUT2D eigenvalue weighted by Gasteiger charge is -2.06. The van der Waals surface area contributed by atoms with Crippen LogP contribution < -0.4 is 5.32 Å². The molecule has 1 aromatic heterocycles. The van der Waals surface area contributed by atoms with Crippen molar-refractivity contribution in [2.75, 3.05) is 5.32 Å². The summed E-state index contributed by atoms with van der Waals surface area (Å²) in [5.41, 5.74) is 0.159. The standard InChI is InChI=1S/C10H6BrF2N3/c11-9-4-10(15-5-14-9)16-8-2-1-6(12)3-7(8)13/h1-5H,(H,14,15,16). The second-order valence-electron chi connectivity index (χ2n) is 2.98. The van der Waals surface area contributed by atoms with Gasteiger partial charge in [-0.15, -0.1) is 0 Å². The maximum atomic E-state index is 13.3. The Kier molecular flexibility index (Phi) is 3.09. The van der Waals surface area contributed by atoms with Gasteiger partial charge in [-0.1, -0.05) is 0 Å². The van der Waals surface area contributed by atoms with E-state index in [-0.39, 0.29) is 5.69 Å². The van der Waals surface area contributed by atoms with Gasteiger partial charge in [0.2, 0.25) is 0 Å². The molecule has 0 spiro atoms. The second-order valence-corrected chi connectivity index (χ2v) is 3.79. The van der Waals surface area contributed by atoms with E-state index >= 15 is 0 Å². The Morgan fingerprint density at radius 1 is 1.12 bits per heavy atom. The highest BCUT2D eigenvalue weighted by molar-refractivity contribution is 9.10. The van der Waals surface area contributed by atoms with Crippen LogP contribution in [0.3, 0.4) is 0 Å². The van der Waals surface area contributed by atoms with Crippen molar-refractivity contribution in [3.63, 3.8) is 0 Å². The molecule has 82 valence electrons. The average Bonchev–Trinajstić information content (AvgIpc) is 2.22. The zero-order valence-corrected chi connectivity index (χ0v) is 9.50. The molecule has 0 aliphatic heterocycles. The predicted molar refractivity (Wildman–Crippen MR) is 59.4 cm³/mol. The van der Waals surface area contributed by atoms with E-state index in [1.165, 1.54) is 18.5 Å². The molecule has 16 heavy (non-hydrogen) atoms. The largest absolute Gasteiger partial charge is 0.338 e. The zero-order chi connectivity index (χ0) is 11.5. The maximum absolute atomic E-state index is 13.3. The molecule has 1 N–H and O–H groups in total. The van der Waals surface area contributed by atoms with Gasteiger partial charge in [0.25, 0.3) is 0 Å². The van der Waals surface area contributed by atoms with Gasteiger partial charge in [0, 0.05) is 12.1 Å². The Morgan fingerprint density at radius 3 is 2.62 bits per heavy atom. The first-order chi connectivity index (χ1) is 7.65. The van der Waals surface area contributed by atoms with Crippen molar-refractivity contribution >= 4 is 27.4 Å². The number of benzene rings is 1. The van der Waals surface area contributed by atoms with Crippen molar-refractivity contribution < 1.29 is 8.78 Å². The van der Waals surface area contributed by atoms with Gasteiger partial charge in [-0.25, -0.2) is 18.7 Å². The third-order valence-electron chi connectivity index (χ3n) is 1.83. The van der Waals surface area contributed by atoms with E-state index < -0.39 is 11.6 Å². The number of hydrogen-bond donors (Lipinski definition) is 1. The Hall–Kier alpha value is -1.56. The number of nitrogens with one attached hydrogen (secondary N) is 1. The van der Waals surface area contributed by atoms with Gasteiger partial charge in [-0.2, -0.15) is 0 Å². The van der Waals surface area contributed by atoms with Crippen LogP contribution in [-0.2, 0) is 0 Å². The number of nitrogens with zero attached hydrogens (tertiary/aromatic N) is 2. The van der Waals surface area contributed by atoms with Crippen molar-refractivity contribution in [3.8, 4) is 0 Å². The van der Waals surface area contributed by atoms with Crippen LogP contribution in [-0.4, -0.2) is 9.97 Å². The third kappa shape index (κ3) is 2.52. The summed E-state index contributed by atoms with van der Waals surface area (Å²) in [7, 11) is 0. The van der Waals surface area contributed by atoms with Crippen LogP contribution in [0.2, 0.25) is 0 Å². The molecule has 0 saturated carbocycles. The minimum atomic E-state index is -0.672. The topological polar surface area (TPSA) is 37.8 Å². The first-order valence-electron chi connectivity index (χ1n) is 4.35. The van der Waals surface area contributed by atoms with Crippen LogP contribution in [0.15, 0.2) is 35.2 Å². The number of hydrogen-bond acceptors (Lipinski definition) is 3. The molecule has 6 heteroatoms. The van der Waals surface area contributed by atoms with Crippen LogP contribution in [0.5, 0.6) is 0 Å². The lowest BCUT2D eigenvalue weighted by atomic mass is 10.3. The number of rotatable bonds is 2. The van der Waals surface area contributed by atoms with E-state index in [1.807, 2.05) is 0 Å². The van der Waals surface area contributed by atoms with Crippen LogP contribution in [0.4, 0.5) is 20.3 Å². The Labute approximate surface area is 98.7 Å². The van der Waals surface area contributed by atoms with Crippen molar-refractivity contribution in [1.82, 2.24) is 9.97 Å². The highest BCUT2D eigenvalue weighted by Gasteiger charge is 2.04. The van der Waals surface area contributed by atoms with Crippen molar-refractivity contribution in [2.24, 2.45) is 0 Å². The van der Waals surface area contributed by atoms with Crippen LogP contribution in [0, 0.1) is 11.6 Å². The van der Waals surface area contributed by atoms with Crippen molar-refractivity contribution in [1.29, 1.82) is 0 Å². The molecule has 0 radical (unpaired) electrons. The molecule has 0 aliphatic rings. The van der Waals surface area contributed by atoms with Gasteiger partial charge in [-0.05, 0) is 28.1 Å². The smallest absolute Gasteiger partial charge is 0.149 e. The fourth-order valence-corrected chi connectivity index (χ4v) is 1.44. The first-order valence-corrected chi connectivity index (χ1v) is 5.14. The number of anilines is 2. The van der Waals surface area contributed by atoms with Crippen molar-refractivity contribution in [2.45, 2.75) is 0 Å². The molecule has 2 aromatic rings. The second kappa shape index (κ2) is 4.52. The molecule has 0 aliphatic carbocycles. The van der Waals surface area contributed by atoms with E-state index in [0.29, 0.717) is 10.4 Å². The molecule has 0 saturated heterocycles. The highest BCUT2D eigenvalue weighted by atomic mass is 79.9. The molecular weight excluding hydrogens is 280 g/mol. The molecule has 1 aromatic carbocycles. The van der Waals surface area contributed by atoms with Gasteiger partial charge < -0.3 is 5.32 Å². The first kappa shape index (κ1) is 10.9. The van der Waals surface area contributed by atoms with Gasteiger partial charge in [-0.3, -0.25) is 0 Å². The van der Waals surface area contributed by atoms with E-state index in [2.05, 4.69) is 31.2 Å². The molecule has 3 nitrogen and oxygen atoms in total. The molecule has 0 atom stereocenters. The normalized spacial score (nSPS) is 10.2. The summed E-state index contributed by atoms with van der Waals surface area (Å²) in [6.45, 7) is 0. The molecule has 0 unspecified atom stereocenters. The SMILES string of the molecule is Fc1ccc(Nc2cc(Br)ncn2)c(F)c1. The minimum absolute atomic E-state index is 0.159. The summed E-state index contributed by atoms with van der Waals surface area (Å²) in [6, 6.07) is 4.86. The van der Waals surface area contributed by atoms with E-state index in [1.54, 1.807) is 6.07 Å². The number of aromatic nitrogens is 2. The lowest BCUT2D eigenvalue weighted by Crippen LogP contribution is -1.97. The average molecular weight is 286 g/mol.